The number of anilines is 3. The van der Waals surface area contributed by atoms with Crippen molar-refractivity contribution in [2.24, 2.45) is 0 Å². The Morgan fingerprint density at radius 2 is 2.00 bits per heavy atom. The third kappa shape index (κ3) is 2.45. The number of hydrogen-bond acceptors (Lipinski definition) is 7. The van der Waals surface area contributed by atoms with E-state index in [1.54, 1.807) is 0 Å². The maximum atomic E-state index is 5.75. The lowest BCUT2D eigenvalue weighted by atomic mass is 10.0. The molecular formula is C11H20N6O. The molecule has 0 spiro atoms. The second kappa shape index (κ2) is 4.56. The molecule has 2 rings (SSSR count). The Balaban J connectivity index is 2.37. The zero-order valence-corrected chi connectivity index (χ0v) is 11.3. The minimum atomic E-state index is -0.143. The first-order valence-electron chi connectivity index (χ1n) is 5.94. The Morgan fingerprint density at radius 3 is 2.61 bits per heavy atom. The summed E-state index contributed by atoms with van der Waals surface area (Å²) in [5.41, 5.74) is 5.60. The van der Waals surface area contributed by atoms with Crippen molar-refractivity contribution < 1.29 is 4.74 Å². The summed E-state index contributed by atoms with van der Waals surface area (Å²) < 4.78 is 5.49. The molecular weight excluding hydrogens is 232 g/mol. The first-order chi connectivity index (χ1) is 8.40. The molecule has 2 N–H and O–H groups in total. The number of aromatic nitrogens is 3. The average Bonchev–Trinajstić information content (AvgIpc) is 2.27. The van der Waals surface area contributed by atoms with Gasteiger partial charge in [-0.15, -0.1) is 0 Å². The second-order valence-electron chi connectivity index (χ2n) is 5.20. The normalized spacial score (nSPS) is 18.8. The van der Waals surface area contributed by atoms with Crippen molar-refractivity contribution in [1.82, 2.24) is 15.0 Å². The molecule has 0 unspecified atom stereocenters. The van der Waals surface area contributed by atoms with Gasteiger partial charge in [0.1, 0.15) is 0 Å². The Morgan fingerprint density at radius 1 is 1.28 bits per heavy atom. The molecule has 18 heavy (non-hydrogen) atoms. The lowest BCUT2D eigenvalue weighted by Crippen LogP contribution is -2.54. The van der Waals surface area contributed by atoms with Gasteiger partial charge in [0.2, 0.25) is 17.8 Å². The Bertz CT molecular complexity index is 434. The van der Waals surface area contributed by atoms with Crippen molar-refractivity contribution in [2.45, 2.75) is 19.4 Å². The van der Waals surface area contributed by atoms with E-state index in [1.165, 1.54) is 0 Å². The smallest absolute Gasteiger partial charge is 0.232 e. The topological polar surface area (TPSA) is 80.4 Å². The summed E-state index contributed by atoms with van der Waals surface area (Å²) in [6, 6.07) is 0. The molecule has 2 heterocycles. The molecule has 1 aliphatic rings. The number of morpholine rings is 1. The Kier molecular flexibility index (Phi) is 3.25. The number of ether oxygens (including phenoxy) is 1. The van der Waals surface area contributed by atoms with Crippen LogP contribution in [0, 0.1) is 0 Å². The Labute approximate surface area is 107 Å². The molecule has 7 nitrogen and oxygen atoms in total. The summed E-state index contributed by atoms with van der Waals surface area (Å²) in [5, 5.41) is 0. The van der Waals surface area contributed by atoms with Crippen molar-refractivity contribution in [2.75, 3.05) is 49.4 Å². The lowest BCUT2D eigenvalue weighted by molar-refractivity contribution is 0.0634. The van der Waals surface area contributed by atoms with Crippen LogP contribution in [0.25, 0.3) is 0 Å². The van der Waals surface area contributed by atoms with Crippen molar-refractivity contribution in [3.8, 4) is 0 Å². The molecule has 0 atom stereocenters. The second-order valence-corrected chi connectivity index (χ2v) is 5.20. The number of nitrogen functional groups attached to an aromatic ring is 1. The third-order valence-corrected chi connectivity index (χ3v) is 2.92. The minimum absolute atomic E-state index is 0.143. The highest BCUT2D eigenvalue weighted by Gasteiger charge is 2.33. The predicted octanol–water partition coefficient (Wildman–Crippen LogP) is 0.135. The molecule has 1 fully saturated rings. The molecule has 0 radical (unpaired) electrons. The van der Waals surface area contributed by atoms with Gasteiger partial charge in [0, 0.05) is 20.6 Å². The standard InChI is InChI=1S/C11H20N6O/c1-11(2)7-18-6-5-17(11)10-14-8(12)13-9(15-10)16(3)4/h5-7H2,1-4H3,(H2,12,13,14,15). The van der Waals surface area contributed by atoms with E-state index in [9.17, 15) is 0 Å². The predicted molar refractivity (Wildman–Crippen MR) is 70.8 cm³/mol. The van der Waals surface area contributed by atoms with E-state index in [1.807, 2.05) is 19.0 Å². The number of nitrogens with zero attached hydrogens (tertiary/aromatic N) is 5. The van der Waals surface area contributed by atoms with Crippen LogP contribution in [0.15, 0.2) is 0 Å². The van der Waals surface area contributed by atoms with Gasteiger partial charge in [0.15, 0.2) is 0 Å². The van der Waals surface area contributed by atoms with E-state index in [4.69, 9.17) is 10.5 Å². The van der Waals surface area contributed by atoms with E-state index in [0.717, 1.165) is 6.54 Å². The van der Waals surface area contributed by atoms with Gasteiger partial charge in [-0.25, -0.2) is 0 Å². The highest BCUT2D eigenvalue weighted by molar-refractivity contribution is 5.44. The van der Waals surface area contributed by atoms with E-state index >= 15 is 0 Å². The summed E-state index contributed by atoms with van der Waals surface area (Å²) in [6.45, 7) is 6.27. The van der Waals surface area contributed by atoms with Gasteiger partial charge in [-0.2, -0.15) is 15.0 Å². The number of hydrogen-bond donors (Lipinski definition) is 1. The summed E-state index contributed by atoms with van der Waals surface area (Å²) in [4.78, 5) is 16.7. The monoisotopic (exact) mass is 252 g/mol. The first-order valence-corrected chi connectivity index (χ1v) is 5.94. The zero-order chi connectivity index (χ0) is 13.3. The first kappa shape index (κ1) is 12.8. The largest absolute Gasteiger partial charge is 0.377 e. The molecule has 0 aromatic carbocycles. The average molecular weight is 252 g/mol. The van der Waals surface area contributed by atoms with Gasteiger partial charge in [-0.3, -0.25) is 0 Å². The molecule has 100 valence electrons. The van der Waals surface area contributed by atoms with E-state index in [0.29, 0.717) is 25.1 Å². The lowest BCUT2D eigenvalue weighted by Gasteiger charge is -2.42. The molecule has 0 amide bonds. The Hall–Kier alpha value is -1.63. The third-order valence-electron chi connectivity index (χ3n) is 2.92. The molecule has 7 heteroatoms. The van der Waals surface area contributed by atoms with Gasteiger partial charge in [-0.05, 0) is 13.8 Å². The summed E-state index contributed by atoms with van der Waals surface area (Å²) in [7, 11) is 3.76. The van der Waals surface area contributed by atoms with Gasteiger partial charge in [-0.1, -0.05) is 0 Å². The van der Waals surface area contributed by atoms with Gasteiger partial charge >= 0.3 is 0 Å². The molecule has 0 bridgehead atoms. The van der Waals surface area contributed by atoms with Crippen LogP contribution >= 0.6 is 0 Å². The van der Waals surface area contributed by atoms with Crippen LogP contribution in [0.5, 0.6) is 0 Å². The molecule has 1 aliphatic heterocycles. The quantitative estimate of drug-likeness (QED) is 0.801. The van der Waals surface area contributed by atoms with Crippen molar-refractivity contribution in [1.29, 1.82) is 0 Å². The van der Waals surface area contributed by atoms with Crippen LogP contribution in [0.1, 0.15) is 13.8 Å². The number of rotatable bonds is 2. The highest BCUT2D eigenvalue weighted by Crippen LogP contribution is 2.25. The van der Waals surface area contributed by atoms with Crippen LogP contribution < -0.4 is 15.5 Å². The van der Waals surface area contributed by atoms with E-state index in [2.05, 4.69) is 33.7 Å². The van der Waals surface area contributed by atoms with Gasteiger partial charge < -0.3 is 20.3 Å². The van der Waals surface area contributed by atoms with E-state index < -0.39 is 0 Å². The van der Waals surface area contributed by atoms with Crippen LogP contribution in [-0.2, 0) is 4.74 Å². The fraction of sp³-hybridized carbons (Fsp3) is 0.727. The maximum absolute atomic E-state index is 5.75. The molecule has 1 aromatic rings. The molecule has 0 saturated carbocycles. The van der Waals surface area contributed by atoms with E-state index in [-0.39, 0.29) is 11.5 Å². The maximum Gasteiger partial charge on any atom is 0.232 e. The molecule has 0 aliphatic carbocycles. The number of nitrogens with two attached hydrogens (primary N) is 1. The van der Waals surface area contributed by atoms with Crippen molar-refractivity contribution >= 4 is 17.8 Å². The van der Waals surface area contributed by atoms with Crippen LogP contribution in [-0.4, -0.2) is 54.3 Å². The van der Waals surface area contributed by atoms with Crippen LogP contribution in [0.4, 0.5) is 17.8 Å². The fourth-order valence-corrected chi connectivity index (χ4v) is 1.92. The summed E-state index contributed by atoms with van der Waals surface area (Å²) >= 11 is 0. The van der Waals surface area contributed by atoms with Gasteiger partial charge in [0.25, 0.3) is 0 Å². The summed E-state index contributed by atoms with van der Waals surface area (Å²) in [6.07, 6.45) is 0. The highest BCUT2D eigenvalue weighted by atomic mass is 16.5. The van der Waals surface area contributed by atoms with Crippen molar-refractivity contribution in [3.63, 3.8) is 0 Å². The zero-order valence-electron chi connectivity index (χ0n) is 11.3. The molecule has 1 aromatic heterocycles. The van der Waals surface area contributed by atoms with Gasteiger partial charge in [0.05, 0.1) is 18.8 Å². The molecule has 1 saturated heterocycles. The van der Waals surface area contributed by atoms with Crippen LogP contribution in [0.2, 0.25) is 0 Å². The fourth-order valence-electron chi connectivity index (χ4n) is 1.92. The summed E-state index contributed by atoms with van der Waals surface area (Å²) in [5.74, 6) is 1.42. The van der Waals surface area contributed by atoms with Crippen LogP contribution in [0.3, 0.4) is 0 Å². The SMILES string of the molecule is CN(C)c1nc(N)nc(N2CCOCC2(C)C)n1. The van der Waals surface area contributed by atoms with Crippen molar-refractivity contribution in [3.05, 3.63) is 0 Å². The minimum Gasteiger partial charge on any atom is -0.377 e.